The van der Waals surface area contributed by atoms with E-state index >= 15 is 0 Å². The van der Waals surface area contributed by atoms with Crippen LogP contribution in [0.15, 0.2) is 53.0 Å². The summed E-state index contributed by atoms with van der Waals surface area (Å²) in [7, 11) is 0. The van der Waals surface area contributed by atoms with Crippen LogP contribution in [-0.4, -0.2) is 5.91 Å². The van der Waals surface area contributed by atoms with Gasteiger partial charge in [0.15, 0.2) is 0 Å². The highest BCUT2D eigenvalue weighted by Crippen LogP contribution is 2.26. The first-order valence-corrected chi connectivity index (χ1v) is 6.09. The summed E-state index contributed by atoms with van der Waals surface area (Å²) < 4.78 is 0.891. The number of hydrogen-bond acceptors (Lipinski definition) is 1. The number of carbonyl (C=O) groups is 1. The molecule has 86 valence electrons. The second-order valence-corrected chi connectivity index (χ2v) is 4.61. The lowest BCUT2D eigenvalue weighted by Crippen LogP contribution is -2.12. The maximum absolute atomic E-state index is 12.0. The van der Waals surface area contributed by atoms with Crippen molar-refractivity contribution in [3.63, 3.8) is 0 Å². The number of carbonyl (C=O) groups excluding carboxylic acids is 1. The van der Waals surface area contributed by atoms with Crippen LogP contribution in [0.4, 0.5) is 5.69 Å². The Balaban J connectivity index is 2.25. The third kappa shape index (κ3) is 2.74. The molecule has 0 radical (unpaired) electrons. The molecule has 0 heterocycles. The Hall–Kier alpha value is -1.61. The molecule has 0 bridgehead atoms. The Kier molecular flexibility index (Phi) is 3.59. The summed E-state index contributed by atoms with van der Waals surface area (Å²) >= 11 is 3.43. The van der Waals surface area contributed by atoms with Crippen LogP contribution in [0.2, 0.25) is 0 Å². The number of amides is 1. The number of benzene rings is 2. The van der Waals surface area contributed by atoms with E-state index in [0.717, 1.165) is 15.7 Å². The molecule has 0 spiro atoms. The molecule has 0 aliphatic heterocycles. The Morgan fingerprint density at radius 2 is 1.76 bits per heavy atom. The van der Waals surface area contributed by atoms with Crippen LogP contribution in [0.5, 0.6) is 0 Å². The maximum atomic E-state index is 12.0. The van der Waals surface area contributed by atoms with Gasteiger partial charge in [0.2, 0.25) is 0 Å². The molecule has 2 aromatic rings. The molecule has 0 aliphatic carbocycles. The Morgan fingerprint density at radius 1 is 1.06 bits per heavy atom. The van der Waals surface area contributed by atoms with Crippen molar-refractivity contribution in [1.29, 1.82) is 0 Å². The summed E-state index contributed by atoms with van der Waals surface area (Å²) in [6, 6.07) is 15.0. The van der Waals surface area contributed by atoms with Gasteiger partial charge in [0.1, 0.15) is 0 Å². The third-order valence-electron chi connectivity index (χ3n) is 2.50. The van der Waals surface area contributed by atoms with E-state index in [9.17, 15) is 4.79 Å². The minimum absolute atomic E-state index is 0.0967. The molecule has 2 aromatic carbocycles. The van der Waals surface area contributed by atoms with Gasteiger partial charge in [0.25, 0.3) is 5.91 Å². The minimum Gasteiger partial charge on any atom is -0.321 e. The number of nitrogens with one attached hydrogen (secondary N) is 1. The molecule has 0 atom stereocenters. The normalized spacial score (nSPS) is 10.0. The predicted molar refractivity (Wildman–Crippen MR) is 73.3 cm³/mol. The van der Waals surface area contributed by atoms with Gasteiger partial charge in [-0.15, -0.1) is 0 Å². The number of halogens is 1. The number of para-hydroxylation sites is 1. The van der Waals surface area contributed by atoms with Gasteiger partial charge in [0.05, 0.1) is 5.69 Å². The van der Waals surface area contributed by atoms with E-state index in [0.29, 0.717) is 5.56 Å². The highest BCUT2D eigenvalue weighted by molar-refractivity contribution is 9.10. The fourth-order valence-corrected chi connectivity index (χ4v) is 2.13. The van der Waals surface area contributed by atoms with Gasteiger partial charge in [-0.25, -0.2) is 0 Å². The average Bonchev–Trinajstić information content (AvgIpc) is 2.35. The molecule has 0 saturated heterocycles. The van der Waals surface area contributed by atoms with E-state index in [1.165, 1.54) is 0 Å². The van der Waals surface area contributed by atoms with Crippen molar-refractivity contribution in [3.8, 4) is 0 Å². The lowest BCUT2D eigenvalue weighted by molar-refractivity contribution is 0.102. The molecule has 0 saturated carbocycles. The predicted octanol–water partition coefficient (Wildman–Crippen LogP) is 4.01. The Bertz CT molecular complexity index is 517. The second kappa shape index (κ2) is 5.15. The molecule has 17 heavy (non-hydrogen) atoms. The van der Waals surface area contributed by atoms with Crippen molar-refractivity contribution in [2.45, 2.75) is 6.92 Å². The molecule has 0 fully saturated rings. The van der Waals surface area contributed by atoms with Crippen molar-refractivity contribution in [1.82, 2.24) is 0 Å². The van der Waals surface area contributed by atoms with Crippen LogP contribution in [0.25, 0.3) is 0 Å². The zero-order chi connectivity index (χ0) is 12.3. The topological polar surface area (TPSA) is 29.1 Å². The van der Waals surface area contributed by atoms with E-state index in [4.69, 9.17) is 0 Å². The monoisotopic (exact) mass is 289 g/mol. The van der Waals surface area contributed by atoms with E-state index in [2.05, 4.69) is 21.2 Å². The summed E-state index contributed by atoms with van der Waals surface area (Å²) in [5, 5.41) is 2.91. The van der Waals surface area contributed by atoms with Gasteiger partial charge in [-0.3, -0.25) is 4.79 Å². The quantitative estimate of drug-likeness (QED) is 0.889. The van der Waals surface area contributed by atoms with Gasteiger partial charge in [-0.1, -0.05) is 30.3 Å². The number of anilines is 1. The first-order valence-electron chi connectivity index (χ1n) is 5.30. The SMILES string of the molecule is Cc1cccc(Br)c1NC(=O)c1ccccc1. The number of hydrogen-bond donors (Lipinski definition) is 1. The lowest BCUT2D eigenvalue weighted by atomic mass is 10.1. The first-order chi connectivity index (χ1) is 8.18. The van der Waals surface area contributed by atoms with Crippen molar-refractivity contribution in [2.24, 2.45) is 0 Å². The van der Waals surface area contributed by atoms with Crippen LogP contribution in [0, 0.1) is 6.92 Å². The molecule has 1 amide bonds. The molecule has 1 N–H and O–H groups in total. The van der Waals surface area contributed by atoms with Gasteiger partial charge in [0, 0.05) is 10.0 Å². The lowest BCUT2D eigenvalue weighted by Gasteiger charge is -2.10. The highest BCUT2D eigenvalue weighted by atomic mass is 79.9. The van der Waals surface area contributed by atoms with E-state index in [1.807, 2.05) is 43.3 Å². The molecular weight excluding hydrogens is 278 g/mol. The van der Waals surface area contributed by atoms with Crippen molar-refractivity contribution in [2.75, 3.05) is 5.32 Å². The van der Waals surface area contributed by atoms with Crippen molar-refractivity contribution in [3.05, 3.63) is 64.1 Å². The van der Waals surface area contributed by atoms with E-state index < -0.39 is 0 Å². The van der Waals surface area contributed by atoms with Crippen LogP contribution < -0.4 is 5.32 Å². The van der Waals surface area contributed by atoms with Gasteiger partial charge in [-0.2, -0.15) is 0 Å². The van der Waals surface area contributed by atoms with Gasteiger partial charge < -0.3 is 5.32 Å². The second-order valence-electron chi connectivity index (χ2n) is 3.75. The average molecular weight is 290 g/mol. The molecule has 3 heteroatoms. The zero-order valence-electron chi connectivity index (χ0n) is 9.41. The van der Waals surface area contributed by atoms with Crippen LogP contribution in [0.1, 0.15) is 15.9 Å². The highest BCUT2D eigenvalue weighted by Gasteiger charge is 2.09. The van der Waals surface area contributed by atoms with Crippen molar-refractivity contribution < 1.29 is 4.79 Å². The van der Waals surface area contributed by atoms with Crippen LogP contribution in [-0.2, 0) is 0 Å². The fourth-order valence-electron chi connectivity index (χ4n) is 1.57. The maximum Gasteiger partial charge on any atom is 0.255 e. The molecule has 0 unspecified atom stereocenters. The summed E-state index contributed by atoms with van der Waals surface area (Å²) in [6.45, 7) is 1.96. The molecule has 0 aliphatic rings. The van der Waals surface area contributed by atoms with Crippen molar-refractivity contribution >= 4 is 27.5 Å². The van der Waals surface area contributed by atoms with Crippen LogP contribution >= 0.6 is 15.9 Å². The standard InChI is InChI=1S/C14H12BrNO/c1-10-6-5-9-12(15)13(10)16-14(17)11-7-3-2-4-8-11/h2-9H,1H3,(H,16,17). The van der Waals surface area contributed by atoms with Gasteiger partial charge >= 0.3 is 0 Å². The Morgan fingerprint density at radius 3 is 2.41 bits per heavy atom. The molecule has 0 aromatic heterocycles. The summed E-state index contributed by atoms with van der Waals surface area (Å²) in [5.74, 6) is -0.0967. The summed E-state index contributed by atoms with van der Waals surface area (Å²) in [6.07, 6.45) is 0. The molecule has 2 nitrogen and oxygen atoms in total. The smallest absolute Gasteiger partial charge is 0.255 e. The Labute approximate surface area is 109 Å². The summed E-state index contributed by atoms with van der Waals surface area (Å²) in [5.41, 5.74) is 2.51. The van der Waals surface area contributed by atoms with Gasteiger partial charge in [-0.05, 0) is 46.6 Å². The molecular formula is C14H12BrNO. The zero-order valence-corrected chi connectivity index (χ0v) is 11.0. The van der Waals surface area contributed by atoms with Crippen LogP contribution in [0.3, 0.4) is 0 Å². The first kappa shape index (κ1) is 11.9. The number of aryl methyl sites for hydroxylation is 1. The molecule has 2 rings (SSSR count). The van der Waals surface area contributed by atoms with E-state index in [1.54, 1.807) is 12.1 Å². The largest absolute Gasteiger partial charge is 0.321 e. The fraction of sp³-hybridized carbons (Fsp3) is 0.0714. The third-order valence-corrected chi connectivity index (χ3v) is 3.16. The van der Waals surface area contributed by atoms with E-state index in [-0.39, 0.29) is 5.91 Å². The summed E-state index contributed by atoms with van der Waals surface area (Å²) in [4.78, 5) is 12.0. The number of rotatable bonds is 2. The minimum atomic E-state index is -0.0967.